The summed E-state index contributed by atoms with van der Waals surface area (Å²) in [5.41, 5.74) is 14.0. The summed E-state index contributed by atoms with van der Waals surface area (Å²) >= 11 is -0.826. The van der Waals surface area contributed by atoms with Crippen molar-refractivity contribution in [2.75, 3.05) is 0 Å². The van der Waals surface area contributed by atoms with E-state index < -0.39 is 53.1 Å². The topological polar surface area (TPSA) is 0 Å². The second-order valence-electron chi connectivity index (χ2n) is 22.4. The van der Waals surface area contributed by atoms with Crippen LogP contribution in [0.1, 0.15) is 22.3 Å². The van der Waals surface area contributed by atoms with Crippen LogP contribution in [0.15, 0.2) is 127 Å². The largest absolute Gasteiger partial charge is 0.184 e. The van der Waals surface area contributed by atoms with E-state index in [1.54, 1.807) is 20.7 Å². The molecule has 2 radical (unpaired) electrons. The van der Waals surface area contributed by atoms with Crippen molar-refractivity contribution in [2.24, 2.45) is 0 Å². The van der Waals surface area contributed by atoms with Gasteiger partial charge in [0.15, 0.2) is 0 Å². The molecule has 0 aromatic heterocycles. The van der Waals surface area contributed by atoms with Gasteiger partial charge in [-0.2, -0.15) is 41.6 Å². The molecule has 66 heavy (non-hydrogen) atoms. The Bertz CT molecular complexity index is 2720. The summed E-state index contributed by atoms with van der Waals surface area (Å²) in [6.07, 6.45) is 0. The van der Waals surface area contributed by atoms with Crippen molar-refractivity contribution in [3.8, 4) is 33.4 Å². The maximum absolute atomic E-state index is 4.93. The number of benzene rings is 6. The number of aryl methyl sites for hydroxylation is 4. The molecule has 9 rings (SSSR count). The van der Waals surface area contributed by atoms with E-state index in [0.29, 0.717) is 0 Å². The Balaban J connectivity index is 0.000000166. The maximum Gasteiger partial charge on any atom is 0.0920 e. The van der Waals surface area contributed by atoms with Crippen LogP contribution in [-0.4, -0.2) is 41.8 Å². The fraction of sp³-hybridized carbons (Fsp3) is 0.276. The van der Waals surface area contributed by atoms with Gasteiger partial charge in [-0.05, 0) is 25.0 Å². The summed E-state index contributed by atoms with van der Waals surface area (Å²) in [6.45, 7) is 38.4. The third-order valence-corrected chi connectivity index (χ3v) is 22.2. The van der Waals surface area contributed by atoms with E-state index in [4.69, 9.17) is 17.0 Å². The minimum Gasteiger partial charge on any atom is -0.184 e. The van der Waals surface area contributed by atoms with Crippen LogP contribution in [0.5, 0.6) is 0 Å². The summed E-state index contributed by atoms with van der Waals surface area (Å²) in [4.78, 5) is 0. The van der Waals surface area contributed by atoms with E-state index in [1.165, 1.54) is 87.6 Å². The molecular weight excluding hydrogens is 999 g/mol. The molecule has 0 saturated carbocycles. The molecule has 8 heteroatoms. The van der Waals surface area contributed by atoms with Crippen molar-refractivity contribution in [3.63, 3.8) is 0 Å². The van der Waals surface area contributed by atoms with Crippen LogP contribution in [0.4, 0.5) is 0 Å². The van der Waals surface area contributed by atoms with E-state index in [-0.39, 0.29) is 0 Å². The van der Waals surface area contributed by atoms with Gasteiger partial charge in [-0.15, -0.1) is 74.6 Å². The summed E-state index contributed by atoms with van der Waals surface area (Å²) < 4.78 is 0. The minimum absolute atomic E-state index is 0.795. The van der Waals surface area contributed by atoms with Gasteiger partial charge >= 0.3 is 37.9 Å². The van der Waals surface area contributed by atoms with Crippen LogP contribution in [0.2, 0.25) is 78.6 Å². The number of rotatable bonds is 6. The molecule has 1 heterocycles. The molecule has 0 atom stereocenters. The van der Waals surface area contributed by atoms with Crippen molar-refractivity contribution >= 4 is 112 Å². The van der Waals surface area contributed by atoms with Crippen molar-refractivity contribution in [3.05, 3.63) is 156 Å². The van der Waals surface area contributed by atoms with Crippen LogP contribution in [0.25, 0.3) is 54.9 Å². The van der Waals surface area contributed by atoms with Gasteiger partial charge in [-0.3, -0.25) is 0 Å². The third-order valence-electron chi connectivity index (χ3n) is 12.7. The standard InChI is InChI=1S/2C23H31Si2.C12H7Si.2ClH.Zr/c2*1-16-11-18-10-9-17(2)23(22(18)12-16)19-13-20(24(3,4)5)15-21(14-19)25(6,7)8;1-3-7-11-9(5-1)10-6-2-4-8-12(10)13-11;;;/h2*9-15H,1-8H3;1-7H;2*1H;/q3*-1;;;+2/p-2. The first-order chi connectivity index (χ1) is 30.8. The first kappa shape index (κ1) is 52.5. The average Bonchev–Trinajstić information content (AvgIpc) is 3.93. The first-order valence-electron chi connectivity index (χ1n) is 23.3. The zero-order valence-electron chi connectivity index (χ0n) is 42.4. The van der Waals surface area contributed by atoms with Crippen molar-refractivity contribution < 1.29 is 20.8 Å². The van der Waals surface area contributed by atoms with Gasteiger partial charge in [-0.25, -0.2) is 0 Å². The predicted molar refractivity (Wildman–Crippen MR) is 308 cm³/mol. The first-order valence-corrected chi connectivity index (χ1v) is 44.6. The zero-order valence-corrected chi connectivity index (χ0v) is 51.4. The Morgan fingerprint density at radius 2 is 0.848 bits per heavy atom. The molecule has 1 aliphatic heterocycles. The van der Waals surface area contributed by atoms with E-state index in [1.807, 2.05) is 6.07 Å². The molecule has 1 aliphatic rings. The van der Waals surface area contributed by atoms with Crippen molar-refractivity contribution in [1.29, 1.82) is 0 Å². The Morgan fingerprint density at radius 3 is 1.24 bits per heavy atom. The number of halogens is 2. The predicted octanol–water partition coefficient (Wildman–Crippen LogP) is 14.4. The molecular formula is C58H69Cl2Si5Zr-3. The maximum atomic E-state index is 4.93. The van der Waals surface area contributed by atoms with Gasteiger partial charge in [0.1, 0.15) is 0 Å². The van der Waals surface area contributed by atoms with Gasteiger partial charge < -0.3 is 0 Å². The molecule has 0 bridgehead atoms. The van der Waals surface area contributed by atoms with Gasteiger partial charge in [0.05, 0.1) is 41.8 Å². The molecule has 0 N–H and O–H groups in total. The molecule has 342 valence electrons. The van der Waals surface area contributed by atoms with Crippen LogP contribution < -0.4 is 31.1 Å². The molecule has 0 fully saturated rings. The molecule has 0 unspecified atom stereocenters. The summed E-state index contributed by atoms with van der Waals surface area (Å²) in [7, 11) is 5.20. The molecule has 8 aromatic carbocycles. The molecule has 0 spiro atoms. The summed E-state index contributed by atoms with van der Waals surface area (Å²) in [6, 6.07) is 51.6. The van der Waals surface area contributed by atoms with E-state index in [0.717, 1.165) is 9.52 Å². The van der Waals surface area contributed by atoms with Gasteiger partial charge in [0.2, 0.25) is 0 Å². The molecule has 0 aliphatic carbocycles. The van der Waals surface area contributed by atoms with Crippen LogP contribution >= 0.6 is 17.0 Å². The second kappa shape index (κ2) is 21.0. The van der Waals surface area contributed by atoms with Crippen LogP contribution in [0, 0.1) is 33.8 Å². The Kier molecular flexibility index (Phi) is 16.7. The normalized spacial score (nSPS) is 12.3. The number of hydrogen-bond acceptors (Lipinski definition) is 0. The average molecular weight is 1070 g/mol. The Hall–Kier alpha value is -2.91. The number of hydrogen-bond donors (Lipinski definition) is 0. The molecule has 0 nitrogen and oxygen atoms in total. The zero-order chi connectivity index (χ0) is 48.5. The quantitative estimate of drug-likeness (QED) is 0.115. The monoisotopic (exact) mass is 1070 g/mol. The van der Waals surface area contributed by atoms with Crippen LogP contribution in [0.3, 0.4) is 0 Å². The minimum atomic E-state index is -1.37. The van der Waals surface area contributed by atoms with Gasteiger partial charge in [0.25, 0.3) is 0 Å². The van der Waals surface area contributed by atoms with E-state index in [2.05, 4.69) is 234 Å². The fourth-order valence-electron chi connectivity index (χ4n) is 8.85. The summed E-state index contributed by atoms with van der Waals surface area (Å²) in [5.74, 6) is 0. The van der Waals surface area contributed by atoms with Crippen molar-refractivity contribution in [1.82, 2.24) is 0 Å². The molecule has 0 amide bonds. The van der Waals surface area contributed by atoms with E-state index in [9.17, 15) is 0 Å². The Morgan fingerprint density at radius 1 is 0.470 bits per heavy atom. The van der Waals surface area contributed by atoms with Gasteiger partial charge in [-0.1, -0.05) is 207 Å². The van der Waals surface area contributed by atoms with Gasteiger partial charge in [0, 0.05) is 0 Å². The second-order valence-corrected chi connectivity index (χ2v) is 47.7. The van der Waals surface area contributed by atoms with E-state index >= 15 is 0 Å². The molecule has 8 aromatic rings. The fourth-order valence-corrected chi connectivity index (χ4v) is 15.2. The molecule has 0 saturated heterocycles. The summed E-state index contributed by atoms with van der Waals surface area (Å²) in [5, 5.41) is 14.7. The Labute approximate surface area is 423 Å². The van der Waals surface area contributed by atoms with Crippen molar-refractivity contribution in [2.45, 2.75) is 106 Å². The van der Waals surface area contributed by atoms with Crippen LogP contribution in [-0.2, 0) is 20.8 Å². The smallest absolute Gasteiger partial charge is 0.0920 e. The number of fused-ring (bicyclic) bond motifs is 5. The SMILES string of the molecule is Cc1cc2c(-c3cc([Si](C)(C)C)cc([Si](C)(C)C)c3)c(C)ccc2[cH-]1.Cc1cc2c(-c3cc([Si](C)(C)C)cc([Si](C)(C)C)c3)c(C)ccc2[cH-]1.[Cl][Zr][Cl].[c-]1cccc2c1[Si]c1ccccc1-2. The third kappa shape index (κ3) is 12.5.